The van der Waals surface area contributed by atoms with Gasteiger partial charge in [0.05, 0.1) is 44.5 Å². The zero-order valence-electron chi connectivity index (χ0n) is 51.6. The number of pyridine rings is 2. The maximum Gasteiger partial charge on any atom is 0.165 e. The molecule has 0 radical (unpaired) electrons. The van der Waals surface area contributed by atoms with Crippen molar-refractivity contribution in [1.29, 1.82) is 0 Å². The van der Waals surface area contributed by atoms with Crippen molar-refractivity contribution in [2.45, 2.75) is 6.92 Å². The normalized spacial score (nSPS) is 11.7. The van der Waals surface area contributed by atoms with Gasteiger partial charge in [-0.15, -0.1) is 0 Å². The largest absolute Gasteiger partial charge is 0.305 e. The van der Waals surface area contributed by atoms with Crippen molar-refractivity contribution >= 4 is 65.4 Å². The molecule has 0 spiro atoms. The third kappa shape index (κ3) is 9.32. The Kier molecular flexibility index (Phi) is 13.0. The number of hydrogen-bond acceptors (Lipinski definition) is 2. The molecule has 18 rings (SSSR count). The predicted molar refractivity (Wildman–Crippen MR) is 393 cm³/mol. The quantitative estimate of drug-likeness (QED) is 0.129. The molecule has 5 heterocycles. The summed E-state index contributed by atoms with van der Waals surface area (Å²) in [6.07, 6.45) is 0. The maximum absolute atomic E-state index is 6.35. The summed E-state index contributed by atoms with van der Waals surface area (Å²) in [5.74, 6) is 1.56. The minimum absolute atomic E-state index is 0.779. The van der Waals surface area contributed by atoms with Crippen molar-refractivity contribution in [3.8, 4) is 106 Å². The Morgan fingerprint density at radius 3 is 0.851 bits per heavy atom. The molecule has 94 heavy (non-hydrogen) atoms. The Morgan fingerprint density at radius 2 is 0.511 bits per heavy atom. The van der Waals surface area contributed by atoms with Crippen molar-refractivity contribution in [2.75, 3.05) is 0 Å². The van der Waals surface area contributed by atoms with Crippen LogP contribution in [0.5, 0.6) is 0 Å². The molecule has 0 saturated heterocycles. The minimum Gasteiger partial charge on any atom is -0.305 e. The van der Waals surface area contributed by atoms with Gasteiger partial charge in [0.25, 0.3) is 0 Å². The summed E-state index contributed by atoms with van der Waals surface area (Å²) in [5.41, 5.74) is 26.0. The number of benzene rings is 13. The molecule has 440 valence electrons. The highest BCUT2D eigenvalue weighted by Gasteiger charge is 2.28. The Morgan fingerprint density at radius 1 is 0.213 bits per heavy atom. The van der Waals surface area contributed by atoms with Crippen LogP contribution in [0.25, 0.3) is 172 Å². The number of nitrogens with zero attached hydrogens (tertiary/aromatic N) is 5. The summed E-state index contributed by atoms with van der Waals surface area (Å²) in [6.45, 7) is 2.07. The first-order valence-electron chi connectivity index (χ1n) is 32.2. The SMILES string of the molecule is Cc1cccc(-c2cccc(-c3cc(-n4c5ccc(-c6ccccc6)cc5c5cc(-c6ccccc6)ccc54)nc(-n4c5ccc(-c6ccccc6)cc5c5cc(-c6ccccc6)ccc54)c3-n3c4ccc(-c5ccccc5)cc4c4cc(-c5ccccc5)ccc43)c2)n1. The maximum atomic E-state index is 6.35. The zero-order valence-corrected chi connectivity index (χ0v) is 51.6. The summed E-state index contributed by atoms with van der Waals surface area (Å²) >= 11 is 0. The van der Waals surface area contributed by atoms with Crippen LogP contribution in [0.15, 0.2) is 340 Å². The smallest absolute Gasteiger partial charge is 0.165 e. The molecular formula is C89H59N5. The molecule has 18 aromatic rings. The van der Waals surface area contributed by atoms with Crippen LogP contribution in [0, 0.1) is 6.92 Å². The van der Waals surface area contributed by atoms with E-state index in [0.29, 0.717) is 0 Å². The molecule has 0 aliphatic carbocycles. The monoisotopic (exact) mass is 1200 g/mol. The van der Waals surface area contributed by atoms with Gasteiger partial charge in [0.15, 0.2) is 5.82 Å². The average molecular weight is 1200 g/mol. The second kappa shape index (κ2) is 22.5. The number of aromatic nitrogens is 5. The van der Waals surface area contributed by atoms with Crippen molar-refractivity contribution in [1.82, 2.24) is 23.7 Å². The van der Waals surface area contributed by atoms with Gasteiger partial charge in [-0.25, -0.2) is 4.98 Å². The Labute approximate surface area is 544 Å². The molecule has 5 heteroatoms. The van der Waals surface area contributed by atoms with Crippen LogP contribution in [-0.2, 0) is 0 Å². The summed E-state index contributed by atoms with van der Waals surface area (Å²) in [4.78, 5) is 11.5. The van der Waals surface area contributed by atoms with Gasteiger partial charge in [0.1, 0.15) is 5.82 Å². The van der Waals surface area contributed by atoms with Gasteiger partial charge in [-0.3, -0.25) is 14.1 Å². The fourth-order valence-corrected chi connectivity index (χ4v) is 14.4. The molecule has 0 bridgehead atoms. The third-order valence-electron chi connectivity index (χ3n) is 18.9. The van der Waals surface area contributed by atoms with E-state index in [9.17, 15) is 0 Å². The predicted octanol–water partition coefficient (Wildman–Crippen LogP) is 23.4. The standard InChI is InChI=1S/C89H59N5/c1-58-22-20-37-80(90-58)72-36-21-35-71(50-72)73-57-87(92-81-44-38-65(59-23-8-2-9-24-59)51-74(81)75-52-66(39-45-82(75)92)60-25-10-3-11-26-60)91-89(94-85-48-42-69(63-31-16-6-17-32-63)55-78(85)79-56-70(43-49-86(79)94)64-33-18-7-19-34-64)88(73)93-83-46-40-67(61-27-12-4-13-28-61)53-76(83)77-54-68(41-47-84(77)93)62-29-14-5-15-30-62/h2-57H,1H3. The fraction of sp³-hybridized carbons (Fsp3) is 0.0112. The summed E-state index contributed by atoms with van der Waals surface area (Å²) < 4.78 is 7.40. The molecule has 0 aliphatic rings. The second-order valence-corrected chi connectivity index (χ2v) is 24.5. The minimum atomic E-state index is 0.779. The molecule has 0 saturated carbocycles. The molecule has 0 fully saturated rings. The van der Waals surface area contributed by atoms with E-state index in [1.807, 2.05) is 0 Å². The molecule has 0 aliphatic heterocycles. The summed E-state index contributed by atoms with van der Waals surface area (Å²) in [6, 6.07) is 124. The van der Waals surface area contributed by atoms with E-state index in [4.69, 9.17) is 9.97 Å². The van der Waals surface area contributed by atoms with E-state index in [-0.39, 0.29) is 0 Å². The van der Waals surface area contributed by atoms with Gasteiger partial charge >= 0.3 is 0 Å². The molecule has 5 aromatic heterocycles. The lowest BCUT2D eigenvalue weighted by atomic mass is 9.99. The van der Waals surface area contributed by atoms with E-state index in [1.165, 1.54) is 0 Å². The Hall–Kier alpha value is -12.4. The number of hydrogen-bond donors (Lipinski definition) is 0. The van der Waals surface area contributed by atoms with Crippen LogP contribution in [-0.4, -0.2) is 23.7 Å². The molecule has 0 N–H and O–H groups in total. The fourth-order valence-electron chi connectivity index (χ4n) is 14.4. The highest BCUT2D eigenvalue weighted by atomic mass is 15.2. The number of fused-ring (bicyclic) bond motifs is 9. The summed E-state index contributed by atoms with van der Waals surface area (Å²) in [7, 11) is 0. The first kappa shape index (κ1) is 54.5. The van der Waals surface area contributed by atoms with Crippen LogP contribution in [0.3, 0.4) is 0 Å². The van der Waals surface area contributed by atoms with Gasteiger partial charge in [-0.2, -0.15) is 0 Å². The summed E-state index contributed by atoms with van der Waals surface area (Å²) in [5, 5.41) is 6.81. The molecule has 0 atom stereocenters. The van der Waals surface area contributed by atoms with Crippen LogP contribution >= 0.6 is 0 Å². The van der Waals surface area contributed by atoms with Crippen LogP contribution < -0.4 is 0 Å². The first-order chi connectivity index (χ1) is 46.5. The van der Waals surface area contributed by atoms with Gasteiger partial charge < -0.3 is 4.57 Å². The van der Waals surface area contributed by atoms with Crippen molar-refractivity contribution in [3.63, 3.8) is 0 Å². The molecule has 5 nitrogen and oxygen atoms in total. The van der Waals surface area contributed by atoms with Crippen molar-refractivity contribution < 1.29 is 0 Å². The lowest BCUT2D eigenvalue weighted by Gasteiger charge is -2.22. The van der Waals surface area contributed by atoms with Gasteiger partial charge in [0.2, 0.25) is 0 Å². The zero-order chi connectivity index (χ0) is 62.2. The van der Waals surface area contributed by atoms with Crippen LogP contribution in [0.4, 0.5) is 0 Å². The number of rotatable bonds is 11. The van der Waals surface area contributed by atoms with Crippen molar-refractivity contribution in [3.05, 3.63) is 345 Å². The second-order valence-electron chi connectivity index (χ2n) is 24.5. The van der Waals surface area contributed by atoms with Gasteiger partial charge in [-0.05, 0) is 176 Å². The highest BCUT2D eigenvalue weighted by Crippen LogP contribution is 2.47. The first-order valence-corrected chi connectivity index (χ1v) is 32.2. The Bertz CT molecular complexity index is 5660. The van der Waals surface area contributed by atoms with Crippen molar-refractivity contribution in [2.24, 2.45) is 0 Å². The molecular weight excluding hydrogens is 1140 g/mol. The van der Waals surface area contributed by atoms with E-state index in [2.05, 4.69) is 360 Å². The lowest BCUT2D eigenvalue weighted by molar-refractivity contribution is 0.985. The molecule has 0 amide bonds. The van der Waals surface area contributed by atoms with E-state index >= 15 is 0 Å². The van der Waals surface area contributed by atoms with E-state index in [0.717, 1.165) is 178 Å². The van der Waals surface area contributed by atoms with Gasteiger partial charge in [-0.1, -0.05) is 243 Å². The van der Waals surface area contributed by atoms with Gasteiger partial charge in [0, 0.05) is 49.1 Å². The molecule has 13 aromatic carbocycles. The third-order valence-corrected chi connectivity index (χ3v) is 18.9. The Balaban J connectivity index is 1.02. The highest BCUT2D eigenvalue weighted by molar-refractivity contribution is 6.16. The lowest BCUT2D eigenvalue weighted by Crippen LogP contribution is -2.11. The molecule has 0 unspecified atom stereocenters. The number of aryl methyl sites for hydroxylation is 1. The van der Waals surface area contributed by atoms with Crippen LogP contribution in [0.1, 0.15) is 5.69 Å². The van der Waals surface area contributed by atoms with Crippen LogP contribution in [0.2, 0.25) is 0 Å². The van der Waals surface area contributed by atoms with E-state index in [1.54, 1.807) is 0 Å². The van der Waals surface area contributed by atoms with E-state index < -0.39 is 0 Å². The topological polar surface area (TPSA) is 40.6 Å². The average Bonchev–Trinajstić information content (AvgIpc) is 1.53.